The minimum atomic E-state index is 0.00938. The van der Waals surface area contributed by atoms with E-state index in [0.29, 0.717) is 25.4 Å². The first kappa shape index (κ1) is 20.7. The second-order valence-corrected chi connectivity index (χ2v) is 7.37. The third kappa shape index (κ3) is 8.28. The number of ether oxygens (including phenoxy) is 5. The smallest absolute Gasteiger partial charge is 0.157 e. The average molecular weight is 379 g/mol. The summed E-state index contributed by atoms with van der Waals surface area (Å²) in [6.07, 6.45) is 7.99. The van der Waals surface area contributed by atoms with Crippen LogP contribution in [0.2, 0.25) is 0 Å². The zero-order valence-electron chi connectivity index (χ0n) is 16.4. The molecule has 0 amide bonds. The van der Waals surface area contributed by atoms with Crippen LogP contribution in [0, 0.1) is 0 Å². The molecule has 5 nitrogen and oxygen atoms in total. The van der Waals surface area contributed by atoms with Crippen molar-refractivity contribution in [2.24, 2.45) is 0 Å². The van der Waals surface area contributed by atoms with Crippen LogP contribution in [0.5, 0.6) is 0 Å². The maximum absolute atomic E-state index is 5.89. The van der Waals surface area contributed by atoms with Crippen LogP contribution < -0.4 is 0 Å². The monoisotopic (exact) mass is 378 g/mol. The molecule has 1 heterocycles. The van der Waals surface area contributed by atoms with E-state index < -0.39 is 0 Å². The maximum atomic E-state index is 5.89. The van der Waals surface area contributed by atoms with Crippen molar-refractivity contribution >= 4 is 0 Å². The molecule has 2 fully saturated rings. The van der Waals surface area contributed by atoms with Gasteiger partial charge in [0.2, 0.25) is 0 Å². The Morgan fingerprint density at radius 3 is 2.30 bits per heavy atom. The van der Waals surface area contributed by atoms with Gasteiger partial charge >= 0.3 is 0 Å². The highest BCUT2D eigenvalue weighted by Gasteiger charge is 2.30. The van der Waals surface area contributed by atoms with E-state index in [1.54, 1.807) is 0 Å². The zero-order valence-corrected chi connectivity index (χ0v) is 16.4. The van der Waals surface area contributed by atoms with Gasteiger partial charge in [-0.1, -0.05) is 30.3 Å². The Morgan fingerprint density at radius 2 is 1.56 bits per heavy atom. The van der Waals surface area contributed by atoms with E-state index in [1.807, 2.05) is 18.2 Å². The van der Waals surface area contributed by atoms with Crippen molar-refractivity contribution in [1.29, 1.82) is 0 Å². The molecule has 1 aliphatic heterocycles. The Bertz CT molecular complexity index is 483. The van der Waals surface area contributed by atoms with Gasteiger partial charge in [0.05, 0.1) is 25.4 Å². The molecule has 0 spiro atoms. The highest BCUT2D eigenvalue weighted by atomic mass is 16.7. The maximum Gasteiger partial charge on any atom is 0.157 e. The predicted molar refractivity (Wildman–Crippen MR) is 104 cm³/mol. The van der Waals surface area contributed by atoms with E-state index >= 15 is 0 Å². The third-order valence-corrected chi connectivity index (χ3v) is 5.04. The molecule has 3 rings (SSSR count). The molecule has 1 unspecified atom stereocenters. The van der Waals surface area contributed by atoms with Crippen molar-refractivity contribution in [1.82, 2.24) is 0 Å². The van der Waals surface area contributed by atoms with Gasteiger partial charge < -0.3 is 23.7 Å². The number of benzene rings is 1. The summed E-state index contributed by atoms with van der Waals surface area (Å²) in [5.41, 5.74) is 1.23. The molecule has 1 aromatic rings. The average Bonchev–Trinajstić information content (AvgIpc) is 2.69. The summed E-state index contributed by atoms with van der Waals surface area (Å²) in [5, 5.41) is 0. The fourth-order valence-corrected chi connectivity index (χ4v) is 3.31. The van der Waals surface area contributed by atoms with Crippen molar-refractivity contribution in [3.8, 4) is 0 Å². The lowest BCUT2D eigenvalue weighted by molar-refractivity contribution is -0.164. The van der Waals surface area contributed by atoms with Crippen LogP contribution in [-0.4, -0.2) is 51.5 Å². The van der Waals surface area contributed by atoms with Gasteiger partial charge in [0.25, 0.3) is 0 Å². The van der Waals surface area contributed by atoms with Crippen LogP contribution in [0.25, 0.3) is 0 Å². The van der Waals surface area contributed by atoms with Crippen molar-refractivity contribution in [2.75, 3.05) is 33.0 Å². The topological polar surface area (TPSA) is 46.2 Å². The largest absolute Gasteiger partial charge is 0.381 e. The molecule has 1 aromatic carbocycles. The van der Waals surface area contributed by atoms with Gasteiger partial charge in [-0.2, -0.15) is 0 Å². The van der Waals surface area contributed by atoms with E-state index in [1.165, 1.54) is 12.0 Å². The van der Waals surface area contributed by atoms with E-state index in [-0.39, 0.29) is 6.29 Å². The summed E-state index contributed by atoms with van der Waals surface area (Å²) in [5.74, 6) is 0. The number of hydrogen-bond acceptors (Lipinski definition) is 5. The van der Waals surface area contributed by atoms with Crippen molar-refractivity contribution in [3.63, 3.8) is 0 Å². The van der Waals surface area contributed by atoms with Crippen molar-refractivity contribution in [3.05, 3.63) is 35.9 Å². The highest BCUT2D eigenvalue weighted by Crippen LogP contribution is 2.27. The first-order chi connectivity index (χ1) is 13.4. The lowest BCUT2D eigenvalue weighted by Crippen LogP contribution is -2.37. The Hall–Kier alpha value is -0.980. The summed E-state index contributed by atoms with van der Waals surface area (Å²) < 4.78 is 28.6. The number of rotatable bonds is 13. The highest BCUT2D eigenvalue weighted by molar-refractivity contribution is 5.13. The van der Waals surface area contributed by atoms with E-state index in [0.717, 1.165) is 65.0 Å². The lowest BCUT2D eigenvalue weighted by Gasteiger charge is -2.35. The van der Waals surface area contributed by atoms with Crippen LogP contribution in [0.4, 0.5) is 0 Å². The quantitative estimate of drug-likeness (QED) is 0.484. The second kappa shape index (κ2) is 12.5. The first-order valence-electron chi connectivity index (χ1n) is 10.5. The van der Waals surface area contributed by atoms with Crippen LogP contribution in [0.15, 0.2) is 30.3 Å². The van der Waals surface area contributed by atoms with E-state index in [9.17, 15) is 0 Å². The van der Waals surface area contributed by atoms with Crippen molar-refractivity contribution < 1.29 is 23.7 Å². The van der Waals surface area contributed by atoms with E-state index in [2.05, 4.69) is 12.1 Å². The first-order valence-corrected chi connectivity index (χ1v) is 10.5. The molecule has 1 aliphatic carbocycles. The van der Waals surface area contributed by atoms with Gasteiger partial charge in [-0.15, -0.1) is 0 Å². The standard InChI is InChI=1S/C22H34O5/c1-2-8-19(9-3-1)18-27-21-16-20(17-21)24-14-6-11-23-12-7-15-26-22-10-4-5-13-25-22/h1-3,8-9,20-22H,4-7,10-18H2/t20-,21-,22?. The summed E-state index contributed by atoms with van der Waals surface area (Å²) >= 11 is 0. The number of hydrogen-bond donors (Lipinski definition) is 0. The van der Waals surface area contributed by atoms with E-state index in [4.69, 9.17) is 23.7 Å². The molecule has 2 aliphatic rings. The minimum absolute atomic E-state index is 0.00938. The molecule has 1 atom stereocenters. The molecule has 27 heavy (non-hydrogen) atoms. The van der Waals surface area contributed by atoms with Gasteiger partial charge in [-0.25, -0.2) is 0 Å². The van der Waals surface area contributed by atoms with Crippen LogP contribution >= 0.6 is 0 Å². The molecule has 0 aromatic heterocycles. The molecule has 0 N–H and O–H groups in total. The van der Waals surface area contributed by atoms with Gasteiger partial charge in [-0.3, -0.25) is 0 Å². The Labute approximate surface area is 163 Å². The fourth-order valence-electron chi connectivity index (χ4n) is 3.31. The minimum Gasteiger partial charge on any atom is -0.381 e. The molecule has 152 valence electrons. The van der Waals surface area contributed by atoms with Gasteiger partial charge in [0.1, 0.15) is 0 Å². The second-order valence-electron chi connectivity index (χ2n) is 7.37. The van der Waals surface area contributed by atoms with Crippen molar-refractivity contribution in [2.45, 2.75) is 70.1 Å². The summed E-state index contributed by atoms with van der Waals surface area (Å²) in [4.78, 5) is 0. The molecule has 1 saturated carbocycles. The summed E-state index contributed by atoms with van der Waals surface area (Å²) in [7, 11) is 0. The lowest BCUT2D eigenvalue weighted by atomic mass is 9.92. The zero-order chi connectivity index (χ0) is 18.6. The molecular formula is C22H34O5. The molecule has 0 bridgehead atoms. The molecular weight excluding hydrogens is 344 g/mol. The molecule has 1 saturated heterocycles. The molecule has 0 radical (unpaired) electrons. The third-order valence-electron chi connectivity index (χ3n) is 5.04. The van der Waals surface area contributed by atoms with Gasteiger partial charge in [-0.05, 0) is 50.5 Å². The Balaban J connectivity index is 1.06. The Morgan fingerprint density at radius 1 is 0.815 bits per heavy atom. The van der Waals surface area contributed by atoms with Crippen LogP contribution in [-0.2, 0) is 30.3 Å². The summed E-state index contributed by atoms with van der Waals surface area (Å²) in [6, 6.07) is 10.3. The van der Waals surface area contributed by atoms with Crippen LogP contribution in [0.3, 0.4) is 0 Å². The molecule has 5 heteroatoms. The fraction of sp³-hybridized carbons (Fsp3) is 0.727. The van der Waals surface area contributed by atoms with Gasteiger partial charge in [0, 0.05) is 26.4 Å². The predicted octanol–water partition coefficient (Wildman–Crippen LogP) is 4.09. The van der Waals surface area contributed by atoms with Crippen LogP contribution in [0.1, 0.15) is 50.5 Å². The summed E-state index contributed by atoms with van der Waals surface area (Å²) in [6.45, 7) is 4.51. The Kier molecular flexibility index (Phi) is 9.58. The SMILES string of the molecule is c1ccc(CO[C@H]2C[C@H](OCCCOCCCOC3CCCCO3)C2)cc1. The normalized spacial score (nSPS) is 25.3. The van der Waals surface area contributed by atoms with Gasteiger partial charge in [0.15, 0.2) is 6.29 Å².